The quantitative estimate of drug-likeness (QED) is 0.270. The van der Waals surface area contributed by atoms with Crippen molar-refractivity contribution in [3.63, 3.8) is 0 Å². The molecule has 0 bridgehead atoms. The lowest BCUT2D eigenvalue weighted by molar-refractivity contribution is 0.121. The van der Waals surface area contributed by atoms with Gasteiger partial charge in [-0.2, -0.15) is 15.1 Å². The van der Waals surface area contributed by atoms with E-state index in [1.54, 1.807) is 0 Å². The first-order valence-corrected chi connectivity index (χ1v) is 12.1. The largest absolute Gasteiger partial charge is 0.378 e. The molecule has 4 aromatic rings. The topological polar surface area (TPSA) is 75.1 Å². The molecule has 2 fully saturated rings. The number of fused-ring (bicyclic) bond motifs is 2. The van der Waals surface area contributed by atoms with Crippen LogP contribution in [-0.2, 0) is 9.47 Å². The molecule has 0 atom stereocenters. The van der Waals surface area contributed by atoms with E-state index in [1.165, 1.54) is 21.5 Å². The van der Waals surface area contributed by atoms with Crippen LogP contribution in [0.1, 0.15) is 5.56 Å². The minimum Gasteiger partial charge on any atom is -0.378 e. The summed E-state index contributed by atoms with van der Waals surface area (Å²) in [5.41, 5.74) is 4.27. The maximum Gasteiger partial charge on any atom is 0.229 e. The summed E-state index contributed by atoms with van der Waals surface area (Å²) in [4.78, 5) is 14.1. The minimum absolute atomic E-state index is 0.670. The van der Waals surface area contributed by atoms with E-state index in [2.05, 4.69) is 74.9 Å². The first-order valence-electron chi connectivity index (χ1n) is 12.1. The van der Waals surface area contributed by atoms with Gasteiger partial charge in [0.1, 0.15) is 5.82 Å². The van der Waals surface area contributed by atoms with Crippen molar-refractivity contribution in [1.82, 2.24) is 9.97 Å². The van der Waals surface area contributed by atoms with Gasteiger partial charge in [0, 0.05) is 37.8 Å². The van der Waals surface area contributed by atoms with E-state index in [-0.39, 0.29) is 0 Å². The van der Waals surface area contributed by atoms with Gasteiger partial charge in [-0.25, -0.2) is 0 Å². The van der Waals surface area contributed by atoms with E-state index in [0.717, 1.165) is 37.6 Å². The van der Waals surface area contributed by atoms with Crippen LogP contribution in [0.15, 0.2) is 65.8 Å². The van der Waals surface area contributed by atoms with Crippen molar-refractivity contribution in [2.24, 2.45) is 5.10 Å². The van der Waals surface area contributed by atoms with E-state index in [4.69, 9.17) is 19.4 Å². The molecule has 8 nitrogen and oxygen atoms in total. The summed E-state index contributed by atoms with van der Waals surface area (Å²) in [6.07, 6.45) is 1.90. The number of ether oxygens (including phenoxy) is 2. The second-order valence-electron chi connectivity index (χ2n) is 8.71. The summed E-state index contributed by atoms with van der Waals surface area (Å²) < 4.78 is 11.0. The van der Waals surface area contributed by atoms with E-state index < -0.39 is 0 Å². The first kappa shape index (κ1) is 21.8. The Morgan fingerprint density at radius 1 is 0.743 bits per heavy atom. The molecule has 2 aliphatic rings. The van der Waals surface area contributed by atoms with Crippen molar-refractivity contribution in [3.05, 3.63) is 66.2 Å². The maximum atomic E-state index is 5.53. The number of benzene rings is 3. The predicted octanol–water partition coefficient (Wildman–Crippen LogP) is 3.90. The molecule has 1 aromatic heterocycles. The second-order valence-corrected chi connectivity index (χ2v) is 8.71. The number of aromatic nitrogens is 2. The van der Waals surface area contributed by atoms with Crippen molar-refractivity contribution >= 4 is 45.3 Å². The molecule has 0 radical (unpaired) electrons. The maximum absolute atomic E-state index is 5.53. The summed E-state index contributed by atoms with van der Waals surface area (Å²) >= 11 is 0. The van der Waals surface area contributed by atoms with Crippen LogP contribution in [-0.4, -0.2) is 68.8 Å². The lowest BCUT2D eigenvalue weighted by atomic mass is 9.97. The van der Waals surface area contributed by atoms with Crippen molar-refractivity contribution in [3.8, 4) is 0 Å². The number of anilines is 3. The fraction of sp³-hybridized carbons (Fsp3) is 0.296. The highest BCUT2D eigenvalue weighted by Gasteiger charge is 2.19. The fourth-order valence-corrected chi connectivity index (χ4v) is 4.69. The molecular formula is C27H28N6O2. The van der Waals surface area contributed by atoms with Crippen LogP contribution in [0, 0.1) is 0 Å². The highest BCUT2D eigenvalue weighted by Crippen LogP contribution is 2.27. The third kappa shape index (κ3) is 4.62. The highest BCUT2D eigenvalue weighted by atomic mass is 16.5. The second kappa shape index (κ2) is 9.85. The van der Waals surface area contributed by atoms with Gasteiger partial charge >= 0.3 is 0 Å². The van der Waals surface area contributed by atoms with Gasteiger partial charge in [-0.1, -0.05) is 48.5 Å². The Hall–Kier alpha value is -3.75. The van der Waals surface area contributed by atoms with Gasteiger partial charge in [0.25, 0.3) is 0 Å². The predicted molar refractivity (Wildman–Crippen MR) is 141 cm³/mol. The molecule has 1 N–H and O–H groups in total. The van der Waals surface area contributed by atoms with Gasteiger partial charge in [-0.05, 0) is 27.6 Å². The Morgan fingerprint density at radius 2 is 1.34 bits per heavy atom. The van der Waals surface area contributed by atoms with Crippen LogP contribution < -0.4 is 15.2 Å². The first-order chi connectivity index (χ1) is 17.3. The highest BCUT2D eigenvalue weighted by molar-refractivity contribution is 6.13. The van der Waals surface area contributed by atoms with E-state index in [1.807, 2.05) is 12.3 Å². The zero-order chi connectivity index (χ0) is 23.5. The molecular weight excluding hydrogens is 440 g/mol. The molecule has 6 rings (SSSR count). The van der Waals surface area contributed by atoms with Gasteiger partial charge < -0.3 is 19.3 Å². The van der Waals surface area contributed by atoms with Crippen molar-refractivity contribution < 1.29 is 9.47 Å². The molecule has 0 aliphatic carbocycles. The molecule has 3 aromatic carbocycles. The summed E-state index contributed by atoms with van der Waals surface area (Å²) in [5, 5.41) is 9.36. The standard InChI is InChI=1S/C27H28N6O2/c1-3-7-22-20(5-1)17-21-6-2-4-8-23(21)24(22)19-28-31-25-18-26(32-9-13-34-14-10-32)30-27(29-25)33-11-15-35-16-12-33/h1-8,17-19H,9-16H2,(H,29,30,31)/b28-19-. The van der Waals surface area contributed by atoms with E-state index in [9.17, 15) is 0 Å². The van der Waals surface area contributed by atoms with Gasteiger partial charge in [0.15, 0.2) is 5.82 Å². The van der Waals surface area contributed by atoms with E-state index >= 15 is 0 Å². The third-order valence-corrected chi connectivity index (χ3v) is 6.52. The summed E-state index contributed by atoms with van der Waals surface area (Å²) in [7, 11) is 0. The van der Waals surface area contributed by atoms with Crippen LogP contribution in [0.3, 0.4) is 0 Å². The summed E-state index contributed by atoms with van der Waals surface area (Å²) in [6.45, 7) is 5.93. The zero-order valence-corrected chi connectivity index (χ0v) is 19.6. The normalized spacial score (nSPS) is 16.9. The lowest BCUT2D eigenvalue weighted by Crippen LogP contribution is -2.39. The summed E-state index contributed by atoms with van der Waals surface area (Å²) in [6, 6.07) is 21.0. The number of hydrazone groups is 1. The lowest BCUT2D eigenvalue weighted by Gasteiger charge is -2.31. The van der Waals surface area contributed by atoms with Crippen molar-refractivity contribution in [1.29, 1.82) is 0 Å². The fourth-order valence-electron chi connectivity index (χ4n) is 4.69. The average molecular weight is 469 g/mol. The number of hydrogen-bond donors (Lipinski definition) is 1. The smallest absolute Gasteiger partial charge is 0.229 e. The Labute approximate surface area is 204 Å². The molecule has 0 amide bonds. The van der Waals surface area contributed by atoms with Gasteiger partial charge in [0.05, 0.1) is 32.6 Å². The molecule has 35 heavy (non-hydrogen) atoms. The molecule has 0 saturated carbocycles. The van der Waals surface area contributed by atoms with E-state index in [0.29, 0.717) is 38.2 Å². The van der Waals surface area contributed by atoms with Crippen molar-refractivity contribution in [2.75, 3.05) is 67.8 Å². The average Bonchev–Trinajstić information content (AvgIpc) is 2.93. The molecule has 2 saturated heterocycles. The van der Waals surface area contributed by atoms with Crippen LogP contribution in [0.5, 0.6) is 0 Å². The molecule has 8 heteroatoms. The number of rotatable bonds is 5. The molecule has 0 unspecified atom stereocenters. The monoisotopic (exact) mass is 468 g/mol. The van der Waals surface area contributed by atoms with Crippen molar-refractivity contribution in [2.45, 2.75) is 0 Å². The van der Waals surface area contributed by atoms with Crippen LogP contribution in [0.2, 0.25) is 0 Å². The Kier molecular flexibility index (Phi) is 6.13. The summed E-state index contributed by atoms with van der Waals surface area (Å²) in [5.74, 6) is 2.26. The number of hydrogen-bond acceptors (Lipinski definition) is 8. The molecule has 2 aliphatic heterocycles. The van der Waals surface area contributed by atoms with Crippen LogP contribution in [0.4, 0.5) is 17.6 Å². The number of morpholine rings is 2. The van der Waals surface area contributed by atoms with Gasteiger partial charge in [-0.15, -0.1) is 0 Å². The van der Waals surface area contributed by atoms with Crippen LogP contribution >= 0.6 is 0 Å². The zero-order valence-electron chi connectivity index (χ0n) is 19.6. The molecule has 0 spiro atoms. The Bertz CT molecular complexity index is 1270. The third-order valence-electron chi connectivity index (χ3n) is 6.52. The number of nitrogens with zero attached hydrogens (tertiary/aromatic N) is 5. The van der Waals surface area contributed by atoms with Crippen LogP contribution in [0.25, 0.3) is 21.5 Å². The number of nitrogens with one attached hydrogen (secondary N) is 1. The SMILES string of the molecule is C(=N/Nc1cc(N2CCOCC2)nc(N2CCOCC2)n1)/c1c2ccccc2cc2ccccc12. The molecule has 178 valence electrons. The van der Waals surface area contributed by atoms with Gasteiger partial charge in [0.2, 0.25) is 5.95 Å². The van der Waals surface area contributed by atoms with Gasteiger partial charge in [-0.3, -0.25) is 5.43 Å². The Morgan fingerprint density at radius 3 is 2.00 bits per heavy atom. The Balaban J connectivity index is 1.34. The molecule has 3 heterocycles. The minimum atomic E-state index is 0.670.